The minimum Gasteiger partial charge on any atom is -0.502 e. The Hall–Kier alpha value is -1.83. The van der Waals surface area contributed by atoms with E-state index in [2.05, 4.69) is 22.6 Å². The van der Waals surface area contributed by atoms with Gasteiger partial charge in [-0.15, -0.1) is 0 Å². The molecule has 0 amide bonds. The van der Waals surface area contributed by atoms with Gasteiger partial charge in [0.05, 0.1) is 16.2 Å². The minimum absolute atomic E-state index is 0.124. The summed E-state index contributed by atoms with van der Waals surface area (Å²) < 4.78 is 33.6. The highest BCUT2D eigenvalue weighted by molar-refractivity contribution is 7.81. The highest BCUT2D eigenvalue weighted by atomic mass is 32.1. The van der Waals surface area contributed by atoms with E-state index in [1.54, 1.807) is 20.8 Å². The second-order valence-corrected chi connectivity index (χ2v) is 6.98. The molecule has 23 heavy (non-hydrogen) atoms. The molecule has 5 nitrogen and oxygen atoms in total. The van der Waals surface area contributed by atoms with Gasteiger partial charge in [0.25, 0.3) is 0 Å². The molecule has 0 aliphatic rings. The lowest BCUT2D eigenvalue weighted by Gasteiger charge is -2.19. The summed E-state index contributed by atoms with van der Waals surface area (Å²) >= 11 is 4.30. The fraction of sp³-hybridized carbons (Fsp3) is 0.467. The van der Waals surface area contributed by atoms with Crippen molar-refractivity contribution in [2.45, 2.75) is 45.0 Å². The highest BCUT2D eigenvalue weighted by Crippen LogP contribution is 2.41. The van der Waals surface area contributed by atoms with Crippen molar-refractivity contribution in [2.75, 3.05) is 5.73 Å². The van der Waals surface area contributed by atoms with Gasteiger partial charge in [-0.2, -0.15) is 12.6 Å². The number of hydrogen-bond acceptors (Lipinski definition) is 6. The number of hydrogen-bond donors (Lipinski definition) is 3. The summed E-state index contributed by atoms with van der Waals surface area (Å²) in [5.74, 6) is -3.72. The van der Waals surface area contributed by atoms with E-state index in [9.17, 15) is 13.9 Å². The number of nitrogens with two attached hydrogens (primary N) is 1. The monoisotopic (exact) mass is 343 g/mol. The Kier molecular flexibility index (Phi) is 4.57. The molecule has 0 spiro atoms. The standard InChI is InChI=1S/C15H19F2N3O2S/c1-5-6(2)22-12-8(16)7-10(9(17)11(12)21)19-14(15(3,4)23)20-13(7)18/h6,21,23H,5H2,1-4H3,(H2,18,19,20). The summed E-state index contributed by atoms with van der Waals surface area (Å²) in [6.45, 7) is 6.86. The molecule has 2 rings (SSSR count). The van der Waals surface area contributed by atoms with Crippen molar-refractivity contribution < 1.29 is 18.6 Å². The van der Waals surface area contributed by atoms with Crippen LogP contribution in [0.1, 0.15) is 39.9 Å². The summed E-state index contributed by atoms with van der Waals surface area (Å²) in [7, 11) is 0. The Morgan fingerprint density at radius 3 is 2.43 bits per heavy atom. The van der Waals surface area contributed by atoms with Crippen LogP contribution in [0.15, 0.2) is 0 Å². The molecule has 0 aliphatic carbocycles. The van der Waals surface area contributed by atoms with Crippen molar-refractivity contribution in [2.24, 2.45) is 0 Å². The molecular weight excluding hydrogens is 324 g/mol. The lowest BCUT2D eigenvalue weighted by Crippen LogP contribution is -2.16. The Labute approximate surface area is 138 Å². The maximum atomic E-state index is 14.7. The second-order valence-electron chi connectivity index (χ2n) is 5.86. The number of aromatic nitrogens is 2. The normalized spacial score (nSPS) is 13.3. The first kappa shape index (κ1) is 17.5. The molecule has 0 saturated carbocycles. The van der Waals surface area contributed by atoms with E-state index in [0.29, 0.717) is 6.42 Å². The molecule has 1 unspecified atom stereocenters. The second kappa shape index (κ2) is 5.99. The zero-order valence-electron chi connectivity index (χ0n) is 13.3. The quantitative estimate of drug-likeness (QED) is 0.740. The van der Waals surface area contributed by atoms with Gasteiger partial charge in [0, 0.05) is 0 Å². The maximum absolute atomic E-state index is 14.7. The van der Waals surface area contributed by atoms with Gasteiger partial charge in [-0.3, -0.25) is 0 Å². The zero-order valence-corrected chi connectivity index (χ0v) is 14.2. The van der Waals surface area contributed by atoms with E-state index < -0.39 is 39.5 Å². The fourth-order valence-corrected chi connectivity index (χ4v) is 2.05. The minimum atomic E-state index is -1.10. The van der Waals surface area contributed by atoms with E-state index in [4.69, 9.17) is 10.5 Å². The molecule has 126 valence electrons. The average Bonchev–Trinajstić information content (AvgIpc) is 2.47. The number of phenolic OH excluding ortho intramolecular Hbond substituents is 1. The number of aromatic hydroxyl groups is 1. The van der Waals surface area contributed by atoms with E-state index in [0.717, 1.165) is 0 Å². The van der Waals surface area contributed by atoms with Crippen LogP contribution in [0.25, 0.3) is 10.9 Å². The molecule has 0 bridgehead atoms. The van der Waals surface area contributed by atoms with Gasteiger partial charge in [0.1, 0.15) is 17.2 Å². The topological polar surface area (TPSA) is 81.3 Å². The number of rotatable bonds is 4. The number of nitrogen functional groups attached to an aromatic ring is 1. The summed E-state index contributed by atoms with van der Waals surface area (Å²) in [6.07, 6.45) is 0.141. The van der Waals surface area contributed by atoms with Crippen LogP contribution in [0.3, 0.4) is 0 Å². The van der Waals surface area contributed by atoms with Crippen molar-refractivity contribution in [1.82, 2.24) is 9.97 Å². The van der Waals surface area contributed by atoms with Crippen molar-refractivity contribution >= 4 is 29.3 Å². The van der Waals surface area contributed by atoms with Gasteiger partial charge >= 0.3 is 0 Å². The Morgan fingerprint density at radius 1 is 1.30 bits per heavy atom. The van der Waals surface area contributed by atoms with Crippen LogP contribution in [-0.2, 0) is 4.75 Å². The molecule has 1 aromatic heterocycles. The van der Waals surface area contributed by atoms with Gasteiger partial charge < -0.3 is 15.6 Å². The predicted molar refractivity (Wildman–Crippen MR) is 87.9 cm³/mol. The summed E-state index contributed by atoms with van der Waals surface area (Å²) in [6, 6.07) is 0. The number of fused-ring (bicyclic) bond motifs is 1. The molecule has 1 heterocycles. The first-order valence-corrected chi connectivity index (χ1v) is 7.59. The molecule has 3 N–H and O–H groups in total. The highest BCUT2D eigenvalue weighted by Gasteiger charge is 2.28. The van der Waals surface area contributed by atoms with Crippen molar-refractivity contribution in [3.05, 3.63) is 17.5 Å². The molecular formula is C15H19F2N3O2S. The number of halogens is 2. The van der Waals surface area contributed by atoms with E-state index in [1.807, 2.05) is 6.92 Å². The molecule has 2 aromatic rings. The number of phenols is 1. The SMILES string of the molecule is CCC(C)Oc1c(O)c(F)c2nc(C(C)(C)S)nc(N)c2c1F. The number of thiol groups is 1. The van der Waals surface area contributed by atoms with Crippen molar-refractivity contribution in [1.29, 1.82) is 0 Å². The predicted octanol–water partition coefficient (Wildman–Crippen LogP) is 3.54. The average molecular weight is 343 g/mol. The third-order valence-corrected chi connectivity index (χ3v) is 3.63. The third-order valence-electron chi connectivity index (χ3n) is 3.43. The van der Waals surface area contributed by atoms with Gasteiger partial charge in [0.15, 0.2) is 17.4 Å². The largest absolute Gasteiger partial charge is 0.502 e. The summed E-state index contributed by atoms with van der Waals surface area (Å²) in [5, 5.41) is 9.63. The maximum Gasteiger partial charge on any atom is 0.201 e. The van der Waals surface area contributed by atoms with E-state index >= 15 is 0 Å². The summed E-state index contributed by atoms with van der Waals surface area (Å²) in [5.41, 5.74) is 5.38. The van der Waals surface area contributed by atoms with E-state index in [-0.39, 0.29) is 17.0 Å². The Bertz CT molecular complexity index is 763. The van der Waals surface area contributed by atoms with Crippen LogP contribution in [0.5, 0.6) is 11.5 Å². The molecule has 0 aliphatic heterocycles. The van der Waals surface area contributed by atoms with Crippen LogP contribution in [-0.4, -0.2) is 21.2 Å². The van der Waals surface area contributed by atoms with Crippen LogP contribution < -0.4 is 10.5 Å². The number of anilines is 1. The zero-order chi connectivity index (χ0) is 17.5. The van der Waals surface area contributed by atoms with E-state index in [1.165, 1.54) is 0 Å². The molecule has 8 heteroatoms. The van der Waals surface area contributed by atoms with Gasteiger partial charge in [-0.05, 0) is 27.2 Å². The Balaban J connectivity index is 2.80. The van der Waals surface area contributed by atoms with Crippen LogP contribution in [0.2, 0.25) is 0 Å². The third kappa shape index (κ3) is 3.12. The van der Waals surface area contributed by atoms with Crippen LogP contribution in [0.4, 0.5) is 14.6 Å². The lowest BCUT2D eigenvalue weighted by atomic mass is 10.1. The summed E-state index contributed by atoms with van der Waals surface area (Å²) in [4.78, 5) is 7.96. The molecule has 0 fully saturated rings. The number of benzene rings is 1. The first-order chi connectivity index (χ1) is 10.6. The van der Waals surface area contributed by atoms with Crippen LogP contribution in [0, 0.1) is 11.6 Å². The lowest BCUT2D eigenvalue weighted by molar-refractivity contribution is 0.197. The Morgan fingerprint density at radius 2 is 1.91 bits per heavy atom. The fourth-order valence-electron chi connectivity index (χ4n) is 1.95. The van der Waals surface area contributed by atoms with Gasteiger partial charge in [0.2, 0.25) is 5.75 Å². The van der Waals surface area contributed by atoms with Crippen molar-refractivity contribution in [3.63, 3.8) is 0 Å². The molecule has 0 radical (unpaired) electrons. The molecule has 1 aromatic carbocycles. The van der Waals surface area contributed by atoms with Gasteiger partial charge in [-0.1, -0.05) is 6.92 Å². The smallest absolute Gasteiger partial charge is 0.201 e. The van der Waals surface area contributed by atoms with Crippen molar-refractivity contribution in [3.8, 4) is 11.5 Å². The molecule has 1 atom stereocenters. The van der Waals surface area contributed by atoms with Crippen LogP contribution >= 0.6 is 12.6 Å². The molecule has 0 saturated heterocycles. The first-order valence-electron chi connectivity index (χ1n) is 7.14. The number of ether oxygens (including phenoxy) is 1. The number of nitrogens with zero attached hydrogens (tertiary/aromatic N) is 2. The van der Waals surface area contributed by atoms with Gasteiger partial charge in [-0.25, -0.2) is 18.7 Å².